The van der Waals surface area contributed by atoms with Crippen molar-refractivity contribution in [2.75, 3.05) is 37.8 Å². The molecule has 2 saturated carbocycles. The average molecular weight is 1160 g/mol. The molecule has 22 heteroatoms. The van der Waals surface area contributed by atoms with Gasteiger partial charge in [0.15, 0.2) is 19.7 Å². The number of hydrogen-bond acceptors (Lipinski definition) is 12. The van der Waals surface area contributed by atoms with Gasteiger partial charge in [0, 0.05) is 38.6 Å². The van der Waals surface area contributed by atoms with E-state index in [0.717, 1.165) is 22.5 Å². The van der Waals surface area contributed by atoms with Gasteiger partial charge in [-0.25, -0.2) is 16.8 Å². The Morgan fingerprint density at radius 2 is 0.900 bits per heavy atom. The number of halogens is 6. The lowest BCUT2D eigenvalue weighted by atomic mass is 9.81. The highest BCUT2D eigenvalue weighted by Crippen LogP contribution is 2.45. The predicted molar refractivity (Wildman–Crippen MR) is 290 cm³/mol. The Labute approximate surface area is 466 Å². The number of carbonyl (C=O) groups is 2. The van der Waals surface area contributed by atoms with Crippen LogP contribution in [0.3, 0.4) is 0 Å². The first-order valence-electron chi connectivity index (χ1n) is 27.8. The highest BCUT2D eigenvalue weighted by atomic mass is 32.2. The van der Waals surface area contributed by atoms with Crippen LogP contribution in [0.15, 0.2) is 82.8 Å². The second kappa shape index (κ2) is 26.1. The molecule has 0 spiro atoms. The van der Waals surface area contributed by atoms with E-state index in [1.807, 2.05) is 0 Å². The van der Waals surface area contributed by atoms with Crippen molar-refractivity contribution in [1.82, 2.24) is 30.4 Å². The van der Waals surface area contributed by atoms with Gasteiger partial charge in [0.25, 0.3) is 11.8 Å². The van der Waals surface area contributed by atoms with E-state index in [9.17, 15) is 63.0 Å². The smallest absolute Gasteiger partial charge is 0.391 e. The number of hydrogen-bond donors (Lipinski definition) is 4. The fraction of sp³-hybridized carbons (Fsp3) is 0.586. The third-order valence-corrected chi connectivity index (χ3v) is 20.0. The monoisotopic (exact) mass is 1160 g/mol. The summed E-state index contributed by atoms with van der Waals surface area (Å²) in [4.78, 5) is 40.5. The van der Waals surface area contributed by atoms with Crippen LogP contribution in [0.5, 0.6) is 0 Å². The van der Waals surface area contributed by atoms with Crippen LogP contribution in [0.4, 0.5) is 26.3 Å². The normalized spacial score (nSPS) is 22.8. The molecule has 0 unspecified atom stereocenters. The van der Waals surface area contributed by atoms with Crippen LogP contribution in [0.1, 0.15) is 171 Å². The molecule has 2 fully saturated rings. The van der Waals surface area contributed by atoms with E-state index >= 15 is 0 Å². The van der Waals surface area contributed by atoms with Crippen molar-refractivity contribution in [3.05, 3.63) is 118 Å². The number of pyridine rings is 2. The molecule has 80 heavy (non-hydrogen) atoms. The number of aliphatic hydroxyl groups is 2. The predicted octanol–water partition coefficient (Wildman–Crippen LogP) is 10.4. The molecular formula is C58H76F6N6O8S2. The summed E-state index contributed by atoms with van der Waals surface area (Å²) in [6.07, 6.45) is -2.30. The lowest BCUT2D eigenvalue weighted by molar-refractivity contribution is -0.185. The van der Waals surface area contributed by atoms with Crippen LogP contribution in [0, 0.1) is 35.5 Å². The van der Waals surface area contributed by atoms with Crippen molar-refractivity contribution in [2.24, 2.45) is 35.5 Å². The molecule has 2 aliphatic heterocycles. The molecule has 4 aliphatic rings. The number of sulfone groups is 2. The highest BCUT2D eigenvalue weighted by Gasteiger charge is 2.44. The van der Waals surface area contributed by atoms with Gasteiger partial charge in [0.05, 0.1) is 93.0 Å². The maximum absolute atomic E-state index is 13.1. The summed E-state index contributed by atoms with van der Waals surface area (Å²) in [7, 11) is -6.72. The van der Waals surface area contributed by atoms with Crippen LogP contribution in [-0.4, -0.2) is 109 Å². The van der Waals surface area contributed by atoms with Crippen molar-refractivity contribution < 1.29 is 63.0 Å². The van der Waals surface area contributed by atoms with Gasteiger partial charge in [-0.1, -0.05) is 65.8 Å². The first-order valence-corrected chi connectivity index (χ1v) is 31.1. The Morgan fingerprint density at radius 3 is 1.18 bits per heavy atom. The van der Waals surface area contributed by atoms with Gasteiger partial charge in [-0.15, -0.1) is 0 Å². The minimum absolute atomic E-state index is 0.0217. The molecular weight excluding hydrogens is 1090 g/mol. The summed E-state index contributed by atoms with van der Waals surface area (Å²) in [6.45, 7) is 13.3. The van der Waals surface area contributed by atoms with Gasteiger partial charge in [-0.05, 0) is 134 Å². The zero-order valence-corrected chi connectivity index (χ0v) is 47.9. The molecule has 0 radical (unpaired) electrons. The topological polar surface area (TPSA) is 199 Å². The Bertz CT molecular complexity index is 2780. The van der Waals surface area contributed by atoms with E-state index in [0.29, 0.717) is 74.1 Å². The van der Waals surface area contributed by atoms with E-state index in [2.05, 4.69) is 58.1 Å². The van der Waals surface area contributed by atoms with Crippen molar-refractivity contribution >= 4 is 31.5 Å². The summed E-state index contributed by atoms with van der Waals surface area (Å²) < 4.78 is 127. The molecule has 440 valence electrons. The van der Waals surface area contributed by atoms with Gasteiger partial charge in [-0.2, -0.15) is 26.3 Å². The molecule has 2 aromatic heterocycles. The average Bonchev–Trinajstić information content (AvgIpc) is 3.99. The fourth-order valence-corrected chi connectivity index (χ4v) is 13.8. The van der Waals surface area contributed by atoms with Crippen LogP contribution in [-0.2, 0) is 32.8 Å². The first kappa shape index (κ1) is 62.6. The largest absolute Gasteiger partial charge is 0.394 e. The lowest BCUT2D eigenvalue weighted by Gasteiger charge is -2.35. The van der Waals surface area contributed by atoms with E-state index in [1.165, 1.54) is 36.7 Å². The molecule has 4 heterocycles. The SMILES string of the molecule is CCS(=O)(=O)c1ccc([C@@H](CO)NC(=O)c2cnc3c(c2)CN(CC2CCC(C(F)(F)F)CC2)[C@H]3C(C)C)cc1.CCS(=O)(=O)c1ccc([C@H](CO)NC(=O)c2cnc3c(c2)CN(CC2CCC(C(F)(F)F)CC2)[C@H]3C(C)C)cc1. The summed E-state index contributed by atoms with van der Waals surface area (Å²) in [5.74, 6) is -2.41. The molecule has 8 rings (SSSR count). The van der Waals surface area contributed by atoms with Gasteiger partial charge in [-0.3, -0.25) is 29.4 Å². The molecule has 4 N–H and O–H groups in total. The second-order valence-electron chi connectivity index (χ2n) is 22.7. The number of rotatable bonds is 18. The zero-order valence-electron chi connectivity index (χ0n) is 46.2. The van der Waals surface area contributed by atoms with E-state index in [-0.39, 0.29) is 95.9 Å². The van der Waals surface area contributed by atoms with Gasteiger partial charge in [0.2, 0.25) is 0 Å². The van der Waals surface area contributed by atoms with Crippen LogP contribution >= 0.6 is 0 Å². The number of nitrogens with one attached hydrogen (secondary N) is 2. The Morgan fingerprint density at radius 1 is 0.575 bits per heavy atom. The highest BCUT2D eigenvalue weighted by molar-refractivity contribution is 7.91. The van der Waals surface area contributed by atoms with Gasteiger partial charge >= 0.3 is 12.4 Å². The summed E-state index contributed by atoms with van der Waals surface area (Å²) >= 11 is 0. The molecule has 4 atom stereocenters. The summed E-state index contributed by atoms with van der Waals surface area (Å²) in [5.41, 5.74) is 5.46. The number of aromatic nitrogens is 2. The maximum Gasteiger partial charge on any atom is 0.391 e. The zero-order chi connectivity index (χ0) is 58.5. The van der Waals surface area contributed by atoms with Crippen LogP contribution in [0.25, 0.3) is 0 Å². The Balaban J connectivity index is 0.000000231. The molecule has 0 bridgehead atoms. The number of fused-ring (bicyclic) bond motifs is 2. The number of benzene rings is 2. The lowest BCUT2D eigenvalue weighted by Crippen LogP contribution is -2.35. The van der Waals surface area contributed by atoms with Crippen molar-refractivity contribution in [2.45, 2.75) is 152 Å². The molecule has 0 saturated heterocycles. The molecule has 2 aromatic carbocycles. The Hall–Kier alpha value is -5.00. The van der Waals surface area contributed by atoms with E-state index in [4.69, 9.17) is 0 Å². The van der Waals surface area contributed by atoms with E-state index < -0.39 is 67.8 Å². The number of aliphatic hydroxyl groups excluding tert-OH is 2. The van der Waals surface area contributed by atoms with Crippen LogP contribution in [0.2, 0.25) is 0 Å². The quantitative estimate of drug-likeness (QED) is 0.0689. The van der Waals surface area contributed by atoms with E-state index in [1.54, 1.807) is 50.2 Å². The molecule has 14 nitrogen and oxygen atoms in total. The minimum Gasteiger partial charge on any atom is -0.394 e. The third-order valence-electron chi connectivity index (χ3n) is 16.5. The summed E-state index contributed by atoms with van der Waals surface area (Å²) in [5, 5.41) is 25.5. The van der Waals surface area contributed by atoms with Crippen molar-refractivity contribution in [1.29, 1.82) is 0 Å². The minimum atomic E-state index is -4.12. The number of amides is 2. The third kappa shape index (κ3) is 15.0. The molecule has 2 aliphatic carbocycles. The second-order valence-corrected chi connectivity index (χ2v) is 27.2. The summed E-state index contributed by atoms with van der Waals surface area (Å²) in [6, 6.07) is 14.4. The fourth-order valence-electron chi connectivity index (χ4n) is 12.0. The standard InChI is InChI=1S/2C29H38F3N3O4S/c2*1-4-40(38,39)24-11-7-20(8-12-24)25(17-36)34-28(37)21-13-22-16-35(27(18(2)3)26(22)33-14-21)15-19-5-9-23(10-6-19)29(30,31)32/h2*7-8,11-14,18-19,23,25,27,36H,4-6,9-10,15-17H2,1-3H3,(H,34,37)/t19?,23?,25-,27+;19?,23?,25-,27-/m10/s1. The number of carbonyl (C=O) groups excluding carboxylic acids is 2. The first-order chi connectivity index (χ1) is 37.7. The van der Waals surface area contributed by atoms with Crippen LogP contribution < -0.4 is 10.6 Å². The number of alkyl halides is 6. The Kier molecular flexibility index (Phi) is 20.4. The molecule has 4 aromatic rings. The van der Waals surface area contributed by atoms with Crippen molar-refractivity contribution in [3.8, 4) is 0 Å². The maximum atomic E-state index is 13.1. The number of nitrogens with zero attached hydrogens (tertiary/aromatic N) is 4. The van der Waals surface area contributed by atoms with Crippen molar-refractivity contribution in [3.63, 3.8) is 0 Å². The molecule has 2 amide bonds. The van der Waals surface area contributed by atoms with Gasteiger partial charge < -0.3 is 20.8 Å². The van der Waals surface area contributed by atoms with Gasteiger partial charge in [0.1, 0.15) is 0 Å².